The summed E-state index contributed by atoms with van der Waals surface area (Å²) in [5, 5.41) is 10.8. The van der Waals surface area contributed by atoms with Gasteiger partial charge in [-0.2, -0.15) is 5.26 Å². The number of benzene rings is 2. The summed E-state index contributed by atoms with van der Waals surface area (Å²) in [7, 11) is 0. The van der Waals surface area contributed by atoms with Crippen LogP contribution in [-0.2, 0) is 20.9 Å². The summed E-state index contributed by atoms with van der Waals surface area (Å²) in [6.07, 6.45) is 0. The zero-order valence-electron chi connectivity index (χ0n) is 19.3. The van der Waals surface area contributed by atoms with Crippen molar-refractivity contribution in [3.05, 3.63) is 78.8 Å². The highest BCUT2D eigenvalue weighted by molar-refractivity contribution is 9.10. The van der Waals surface area contributed by atoms with Gasteiger partial charge in [0, 0.05) is 15.6 Å². The largest absolute Gasteiger partial charge is 0.490 e. The topological polar surface area (TPSA) is 104 Å². The van der Waals surface area contributed by atoms with E-state index in [9.17, 15) is 10.1 Å². The summed E-state index contributed by atoms with van der Waals surface area (Å²) < 4.78 is 23.2. The van der Waals surface area contributed by atoms with Crippen LogP contribution in [0.2, 0.25) is 10.0 Å². The Morgan fingerprint density at radius 1 is 1.20 bits per heavy atom. The summed E-state index contributed by atoms with van der Waals surface area (Å²) >= 11 is 15.8. The van der Waals surface area contributed by atoms with Gasteiger partial charge in [-0.3, -0.25) is 0 Å². The fraction of sp³-hybridized carbons (Fsp3) is 0.280. The molecule has 184 valence electrons. The van der Waals surface area contributed by atoms with Crippen LogP contribution < -0.4 is 15.2 Å². The van der Waals surface area contributed by atoms with Crippen LogP contribution in [0.1, 0.15) is 37.8 Å². The molecule has 0 spiro atoms. The van der Waals surface area contributed by atoms with E-state index in [4.69, 9.17) is 47.9 Å². The Hall–Kier alpha value is -2.86. The molecule has 2 N–H and O–H groups in total. The van der Waals surface area contributed by atoms with Gasteiger partial charge in [-0.25, -0.2) is 4.79 Å². The van der Waals surface area contributed by atoms with Crippen molar-refractivity contribution >= 4 is 45.1 Å². The van der Waals surface area contributed by atoms with Gasteiger partial charge in [0.25, 0.3) is 0 Å². The second kappa shape index (κ2) is 11.7. The molecule has 1 atom stereocenters. The lowest BCUT2D eigenvalue weighted by atomic mass is 9.83. The highest BCUT2D eigenvalue weighted by Gasteiger charge is 2.37. The first-order chi connectivity index (χ1) is 16.7. The van der Waals surface area contributed by atoms with Crippen LogP contribution >= 0.6 is 39.1 Å². The number of esters is 1. The van der Waals surface area contributed by atoms with Gasteiger partial charge in [-0.1, -0.05) is 29.3 Å². The van der Waals surface area contributed by atoms with Crippen LogP contribution in [-0.4, -0.2) is 19.2 Å². The zero-order chi connectivity index (χ0) is 25.7. The molecule has 0 saturated heterocycles. The molecule has 1 aliphatic heterocycles. The molecule has 0 amide bonds. The van der Waals surface area contributed by atoms with Crippen molar-refractivity contribution in [3.63, 3.8) is 0 Å². The van der Waals surface area contributed by atoms with Crippen molar-refractivity contribution in [1.29, 1.82) is 5.26 Å². The quantitative estimate of drug-likeness (QED) is 0.361. The Bertz CT molecular complexity index is 1250. The predicted octanol–water partition coefficient (Wildman–Crippen LogP) is 6.38. The van der Waals surface area contributed by atoms with Crippen molar-refractivity contribution < 1.29 is 23.7 Å². The van der Waals surface area contributed by atoms with Crippen molar-refractivity contribution in [2.24, 2.45) is 5.73 Å². The molecule has 0 unspecified atom stereocenters. The number of hydrogen-bond acceptors (Lipinski definition) is 7. The van der Waals surface area contributed by atoms with Crippen LogP contribution in [0.5, 0.6) is 11.5 Å². The first kappa shape index (κ1) is 26.7. The average Bonchev–Trinajstić information content (AvgIpc) is 2.79. The number of nitriles is 1. The summed E-state index contributed by atoms with van der Waals surface area (Å²) in [6.45, 7) is 5.81. The lowest BCUT2D eigenvalue weighted by Gasteiger charge is -2.27. The number of rotatable bonds is 8. The highest BCUT2D eigenvalue weighted by Crippen LogP contribution is 2.45. The number of ether oxygens (including phenoxy) is 4. The second-order valence-corrected chi connectivity index (χ2v) is 9.10. The summed E-state index contributed by atoms with van der Waals surface area (Å²) in [5.41, 5.74) is 7.60. The molecule has 2 aromatic carbocycles. The molecule has 1 heterocycles. The van der Waals surface area contributed by atoms with E-state index in [-0.39, 0.29) is 36.0 Å². The molecule has 0 radical (unpaired) electrons. The summed E-state index contributed by atoms with van der Waals surface area (Å²) in [5.74, 6) is -0.385. The molecule has 0 fully saturated rings. The maximum atomic E-state index is 12.8. The molecule has 0 saturated carbocycles. The number of nitrogens with zero attached hydrogens (tertiary/aromatic N) is 1. The first-order valence-corrected chi connectivity index (χ1v) is 12.2. The molecule has 10 heteroatoms. The molecule has 2 aromatic rings. The minimum absolute atomic E-state index is 0.0742. The van der Waals surface area contributed by atoms with Gasteiger partial charge in [0.1, 0.15) is 24.0 Å². The third-order valence-corrected chi connectivity index (χ3v) is 6.33. The molecule has 1 aliphatic rings. The number of hydrogen-bond donors (Lipinski definition) is 1. The van der Waals surface area contributed by atoms with E-state index in [1.165, 1.54) is 0 Å². The monoisotopic (exact) mass is 580 g/mol. The van der Waals surface area contributed by atoms with E-state index in [1.54, 1.807) is 44.2 Å². The minimum Gasteiger partial charge on any atom is -0.490 e. The number of nitrogens with two attached hydrogens (primary N) is 1. The van der Waals surface area contributed by atoms with E-state index < -0.39 is 11.9 Å². The molecule has 7 nitrogen and oxygen atoms in total. The Kier molecular flexibility index (Phi) is 8.95. The highest BCUT2D eigenvalue weighted by atomic mass is 79.9. The number of carbonyl (C=O) groups excluding carboxylic acids is 1. The Morgan fingerprint density at radius 2 is 1.94 bits per heavy atom. The summed E-state index contributed by atoms with van der Waals surface area (Å²) in [4.78, 5) is 12.8. The third kappa shape index (κ3) is 5.87. The van der Waals surface area contributed by atoms with Gasteiger partial charge in [0.15, 0.2) is 11.5 Å². The van der Waals surface area contributed by atoms with Crippen LogP contribution in [0.15, 0.2) is 57.6 Å². The van der Waals surface area contributed by atoms with Gasteiger partial charge in [-0.15, -0.1) is 0 Å². The standard InChI is InChI=1S/C25H23BrCl2N2O5/c1-4-32-20-9-15(8-18(26)23(20)34-12-14-6-7-16(27)10-19(14)28)22-17(11-29)24(30)35-13(3)21(22)25(31)33-5-2/h6-10,22H,4-5,12,30H2,1-3H3/t22-/m0/s1. The first-order valence-electron chi connectivity index (χ1n) is 10.7. The molecule has 35 heavy (non-hydrogen) atoms. The number of carbonyl (C=O) groups is 1. The number of allylic oxidation sites excluding steroid dienone is 2. The summed E-state index contributed by atoms with van der Waals surface area (Å²) in [6, 6.07) is 10.7. The maximum absolute atomic E-state index is 12.8. The smallest absolute Gasteiger partial charge is 0.338 e. The lowest BCUT2D eigenvalue weighted by Crippen LogP contribution is -2.25. The Morgan fingerprint density at radius 3 is 2.57 bits per heavy atom. The van der Waals surface area contributed by atoms with Crippen LogP contribution in [0, 0.1) is 11.3 Å². The van der Waals surface area contributed by atoms with Gasteiger partial charge in [0.2, 0.25) is 5.88 Å². The van der Waals surface area contributed by atoms with Crippen LogP contribution in [0.4, 0.5) is 0 Å². The van der Waals surface area contributed by atoms with E-state index >= 15 is 0 Å². The van der Waals surface area contributed by atoms with E-state index in [0.29, 0.717) is 38.2 Å². The molecule has 0 aliphatic carbocycles. The van der Waals surface area contributed by atoms with Gasteiger partial charge < -0.3 is 24.7 Å². The van der Waals surface area contributed by atoms with Crippen molar-refractivity contribution in [2.75, 3.05) is 13.2 Å². The zero-order valence-corrected chi connectivity index (χ0v) is 22.4. The molecule has 3 rings (SSSR count). The SMILES string of the molecule is CCOC(=O)C1=C(C)OC(N)=C(C#N)[C@@H]1c1cc(Br)c(OCc2ccc(Cl)cc2Cl)c(OCC)c1. The average molecular weight is 582 g/mol. The van der Waals surface area contributed by atoms with Crippen LogP contribution in [0.25, 0.3) is 0 Å². The Balaban J connectivity index is 2.07. The van der Waals surface area contributed by atoms with Gasteiger partial charge in [-0.05, 0) is 66.5 Å². The normalized spacial score (nSPS) is 15.4. The van der Waals surface area contributed by atoms with E-state index in [2.05, 4.69) is 22.0 Å². The van der Waals surface area contributed by atoms with Gasteiger partial charge in [0.05, 0.1) is 29.2 Å². The third-order valence-electron chi connectivity index (χ3n) is 5.15. The van der Waals surface area contributed by atoms with E-state index in [1.807, 2.05) is 6.92 Å². The fourth-order valence-corrected chi connectivity index (χ4v) is 4.67. The fourth-order valence-electron chi connectivity index (χ4n) is 3.63. The molecular formula is C25H23BrCl2N2O5. The van der Waals surface area contributed by atoms with E-state index in [0.717, 1.165) is 5.56 Å². The van der Waals surface area contributed by atoms with Crippen molar-refractivity contribution in [2.45, 2.75) is 33.3 Å². The number of halogens is 3. The maximum Gasteiger partial charge on any atom is 0.338 e. The van der Waals surface area contributed by atoms with Crippen molar-refractivity contribution in [3.8, 4) is 17.6 Å². The van der Waals surface area contributed by atoms with Crippen molar-refractivity contribution in [1.82, 2.24) is 0 Å². The van der Waals surface area contributed by atoms with Gasteiger partial charge >= 0.3 is 5.97 Å². The van der Waals surface area contributed by atoms with Crippen LogP contribution in [0.3, 0.4) is 0 Å². The predicted molar refractivity (Wildman–Crippen MR) is 136 cm³/mol. The molecule has 0 bridgehead atoms. The Labute approximate surface area is 222 Å². The molecular weight excluding hydrogens is 559 g/mol. The second-order valence-electron chi connectivity index (χ2n) is 7.40. The minimum atomic E-state index is -0.817. The lowest BCUT2D eigenvalue weighted by molar-refractivity contribution is -0.139. The molecule has 0 aromatic heterocycles.